The van der Waals surface area contributed by atoms with Gasteiger partial charge >= 0.3 is 13.3 Å². The maximum atomic E-state index is 12.8. The third-order valence-corrected chi connectivity index (χ3v) is 5.29. The van der Waals surface area contributed by atoms with E-state index in [0.717, 1.165) is 0 Å². The normalized spacial score (nSPS) is 12.6. The van der Waals surface area contributed by atoms with Crippen molar-refractivity contribution in [1.29, 1.82) is 0 Å². The largest absolute Gasteiger partial charge is 0.356 e. The van der Waals surface area contributed by atoms with Crippen molar-refractivity contribution in [2.75, 3.05) is 19.5 Å². The molecule has 0 aliphatic carbocycles. The smallest absolute Gasteiger partial charge is 0.354 e. The Kier molecular flexibility index (Phi) is 5.45. The van der Waals surface area contributed by atoms with Crippen LogP contribution in [0.4, 0.5) is 11.5 Å². The van der Waals surface area contributed by atoms with E-state index in [1.54, 1.807) is 0 Å². The summed E-state index contributed by atoms with van der Waals surface area (Å²) in [6.45, 7) is 0. The van der Waals surface area contributed by atoms with Crippen molar-refractivity contribution >= 4 is 19.1 Å². The van der Waals surface area contributed by atoms with Crippen molar-refractivity contribution in [2.45, 2.75) is 5.78 Å². The second-order valence-corrected chi connectivity index (χ2v) is 6.92. The van der Waals surface area contributed by atoms with Crippen molar-refractivity contribution in [3.63, 3.8) is 0 Å². The highest BCUT2D eigenvalue weighted by atomic mass is 31.2. The second kappa shape index (κ2) is 7.35. The molecule has 0 aliphatic heterocycles. The number of nitrogens with zero attached hydrogens (tertiary/aromatic N) is 2. The number of hydrogen-bond donors (Lipinski definition) is 2. The first-order valence-corrected chi connectivity index (χ1v) is 8.28. The zero-order valence-electron chi connectivity index (χ0n) is 12.8. The monoisotopic (exact) mass is 354 g/mol. The summed E-state index contributed by atoms with van der Waals surface area (Å²) >= 11 is 0. The maximum absolute atomic E-state index is 12.8. The van der Waals surface area contributed by atoms with Crippen LogP contribution in [0.2, 0.25) is 0 Å². The van der Waals surface area contributed by atoms with Gasteiger partial charge in [0.2, 0.25) is 0 Å². The molecule has 0 bridgehead atoms. The van der Waals surface area contributed by atoms with E-state index in [4.69, 9.17) is 9.05 Å². The molecule has 1 aromatic heterocycles. The first-order valence-electron chi connectivity index (χ1n) is 6.67. The summed E-state index contributed by atoms with van der Waals surface area (Å²) in [7, 11) is -1.21. The number of nitro groups is 1. The van der Waals surface area contributed by atoms with E-state index in [0.29, 0.717) is 5.56 Å². The zero-order chi connectivity index (χ0) is 17.7. The van der Waals surface area contributed by atoms with E-state index < -0.39 is 24.0 Å². The fourth-order valence-corrected chi connectivity index (χ4v) is 3.41. The molecule has 2 aromatic rings. The molecule has 0 saturated heterocycles. The number of H-pyrrole nitrogens is 1. The molecule has 0 amide bonds. The van der Waals surface area contributed by atoms with Crippen LogP contribution in [0.5, 0.6) is 0 Å². The van der Waals surface area contributed by atoms with Crippen molar-refractivity contribution in [3.8, 4) is 0 Å². The number of rotatable bonds is 7. The van der Waals surface area contributed by atoms with E-state index in [2.05, 4.69) is 15.3 Å². The fraction of sp³-hybridized carbons (Fsp3) is 0.231. The minimum atomic E-state index is -3.66. The van der Waals surface area contributed by atoms with E-state index in [1.807, 2.05) is 0 Å². The molecule has 0 aliphatic rings. The molecule has 0 fully saturated rings. The highest BCUT2D eigenvalue weighted by Gasteiger charge is 2.36. The van der Waals surface area contributed by atoms with E-state index in [9.17, 15) is 19.5 Å². The minimum Gasteiger partial charge on any atom is -0.354 e. The van der Waals surface area contributed by atoms with Gasteiger partial charge in [-0.3, -0.25) is 19.7 Å². The molecule has 24 heavy (non-hydrogen) atoms. The SMILES string of the molecule is COP(=O)(OC)C(Nc1ccnc(=O)[nH]1)c1ccc([N+](=O)[O-])cc1. The molecule has 10 nitrogen and oxygen atoms in total. The minimum absolute atomic E-state index is 0.112. The lowest BCUT2D eigenvalue weighted by molar-refractivity contribution is -0.384. The van der Waals surface area contributed by atoms with Gasteiger partial charge in [0.1, 0.15) is 5.82 Å². The Balaban J connectivity index is 2.44. The molecule has 1 heterocycles. The number of aromatic amines is 1. The molecule has 2 rings (SSSR count). The second-order valence-electron chi connectivity index (χ2n) is 4.59. The Morgan fingerprint density at radius 3 is 2.38 bits per heavy atom. The van der Waals surface area contributed by atoms with Crippen LogP contribution in [-0.2, 0) is 13.6 Å². The molecular weight excluding hydrogens is 339 g/mol. The number of hydrogen-bond acceptors (Lipinski definition) is 8. The number of nitrogens with one attached hydrogen (secondary N) is 2. The third-order valence-electron chi connectivity index (χ3n) is 3.21. The lowest BCUT2D eigenvalue weighted by Crippen LogP contribution is -2.18. The summed E-state index contributed by atoms with van der Waals surface area (Å²) in [6.07, 6.45) is 1.28. The lowest BCUT2D eigenvalue weighted by Gasteiger charge is -2.26. The first-order chi connectivity index (χ1) is 11.4. The summed E-state index contributed by atoms with van der Waals surface area (Å²) < 4.78 is 22.8. The first kappa shape index (κ1) is 17.8. The molecule has 0 spiro atoms. The van der Waals surface area contributed by atoms with E-state index in [1.165, 1.54) is 50.7 Å². The maximum Gasteiger partial charge on any atom is 0.356 e. The fourth-order valence-electron chi connectivity index (χ4n) is 2.01. The van der Waals surface area contributed by atoms with Crippen LogP contribution in [0.3, 0.4) is 0 Å². The number of aromatic nitrogens is 2. The molecule has 1 atom stereocenters. The van der Waals surface area contributed by atoms with E-state index >= 15 is 0 Å². The van der Waals surface area contributed by atoms with Crippen LogP contribution in [0, 0.1) is 10.1 Å². The molecule has 1 unspecified atom stereocenters. The predicted octanol–water partition coefficient (Wildman–Crippen LogP) is 2.27. The predicted molar refractivity (Wildman–Crippen MR) is 85.9 cm³/mol. The van der Waals surface area contributed by atoms with Gasteiger partial charge in [0, 0.05) is 32.5 Å². The van der Waals surface area contributed by atoms with Gasteiger partial charge < -0.3 is 14.4 Å². The third kappa shape index (κ3) is 3.85. The van der Waals surface area contributed by atoms with Gasteiger partial charge in [-0.2, -0.15) is 0 Å². The van der Waals surface area contributed by atoms with Gasteiger partial charge in [0.05, 0.1) is 4.92 Å². The topological polar surface area (TPSA) is 136 Å². The van der Waals surface area contributed by atoms with Gasteiger partial charge in [-0.15, -0.1) is 0 Å². The number of benzene rings is 1. The zero-order valence-corrected chi connectivity index (χ0v) is 13.7. The molecule has 2 N–H and O–H groups in total. The molecule has 11 heteroatoms. The van der Waals surface area contributed by atoms with Crippen LogP contribution < -0.4 is 11.0 Å². The average molecular weight is 354 g/mol. The van der Waals surface area contributed by atoms with Crippen molar-refractivity contribution < 1.29 is 18.5 Å². The van der Waals surface area contributed by atoms with Gasteiger partial charge in [0.15, 0.2) is 5.78 Å². The number of nitro benzene ring substituents is 1. The summed E-state index contributed by atoms with van der Waals surface area (Å²) in [5.74, 6) is -0.751. The highest BCUT2D eigenvalue weighted by molar-refractivity contribution is 7.54. The Bertz CT molecular complexity index is 814. The summed E-state index contributed by atoms with van der Waals surface area (Å²) in [5.41, 5.74) is -0.281. The van der Waals surface area contributed by atoms with Crippen molar-refractivity contribution in [2.24, 2.45) is 0 Å². The Morgan fingerprint density at radius 1 is 1.25 bits per heavy atom. The molecular formula is C13H15N4O6P. The standard InChI is InChI=1S/C13H15N4O6P/c1-22-24(21,23-2)12(15-11-7-8-14-13(18)16-11)9-3-5-10(6-4-9)17(19)20/h3-8,12H,1-2H3,(H2,14,15,16,18). The van der Waals surface area contributed by atoms with Gasteiger partial charge in [0.25, 0.3) is 5.69 Å². The molecule has 0 radical (unpaired) electrons. The number of non-ortho nitro benzene ring substituents is 1. The van der Waals surface area contributed by atoms with Gasteiger partial charge in [-0.05, 0) is 23.8 Å². The molecule has 0 saturated carbocycles. The summed E-state index contributed by atoms with van der Waals surface area (Å²) in [4.78, 5) is 27.5. The quantitative estimate of drug-likeness (QED) is 0.439. The summed E-state index contributed by atoms with van der Waals surface area (Å²) in [5, 5.41) is 13.6. The van der Waals surface area contributed by atoms with Crippen LogP contribution in [-0.4, -0.2) is 29.1 Å². The molecule has 1 aromatic carbocycles. The summed E-state index contributed by atoms with van der Waals surface area (Å²) in [6, 6.07) is 6.87. The Hall–Kier alpha value is -2.55. The van der Waals surface area contributed by atoms with Crippen molar-refractivity contribution in [3.05, 3.63) is 62.7 Å². The molecule has 128 valence electrons. The average Bonchev–Trinajstić information content (AvgIpc) is 2.59. The number of anilines is 1. The van der Waals surface area contributed by atoms with Crippen LogP contribution in [0.1, 0.15) is 11.3 Å². The van der Waals surface area contributed by atoms with Crippen LogP contribution in [0.25, 0.3) is 0 Å². The Morgan fingerprint density at radius 2 is 1.88 bits per heavy atom. The van der Waals surface area contributed by atoms with Crippen LogP contribution in [0.15, 0.2) is 41.3 Å². The lowest BCUT2D eigenvalue weighted by atomic mass is 10.2. The van der Waals surface area contributed by atoms with Crippen molar-refractivity contribution in [1.82, 2.24) is 9.97 Å². The van der Waals surface area contributed by atoms with Gasteiger partial charge in [-0.25, -0.2) is 9.78 Å². The van der Waals surface area contributed by atoms with E-state index in [-0.39, 0.29) is 11.5 Å². The highest BCUT2D eigenvalue weighted by Crippen LogP contribution is 2.59. The Labute approximate surface area is 136 Å². The van der Waals surface area contributed by atoms with Gasteiger partial charge in [-0.1, -0.05) is 0 Å². The van der Waals surface area contributed by atoms with Crippen LogP contribution >= 0.6 is 7.60 Å².